The number of piperidine rings is 1. The predicted octanol–water partition coefficient (Wildman–Crippen LogP) is 1.11. The zero-order chi connectivity index (χ0) is 16.2. The molecule has 0 saturated carbocycles. The van der Waals surface area contributed by atoms with Gasteiger partial charge in [-0.3, -0.25) is 19.9 Å². The molecule has 0 atom stereocenters. The van der Waals surface area contributed by atoms with Gasteiger partial charge in [0.25, 0.3) is 11.5 Å². The molecule has 120 valence electrons. The first-order chi connectivity index (χ1) is 11.1. The van der Waals surface area contributed by atoms with Gasteiger partial charge in [-0.2, -0.15) is 0 Å². The standard InChI is InChI=1S/C15H18N6O2/c1-10-9-13(22)17-15(16-10)18-14(23)11-5-6-12(20-19-11)21-7-3-2-4-8-21/h5-6,9H,2-4,7-8H2,1H3,(H2,16,17,18,22,23). The third kappa shape index (κ3) is 3.71. The number of hydrogen-bond acceptors (Lipinski definition) is 6. The largest absolute Gasteiger partial charge is 0.355 e. The molecule has 23 heavy (non-hydrogen) atoms. The molecule has 3 rings (SSSR count). The topological polar surface area (TPSA) is 104 Å². The highest BCUT2D eigenvalue weighted by molar-refractivity contribution is 6.01. The fourth-order valence-electron chi connectivity index (χ4n) is 2.55. The Hall–Kier alpha value is -2.77. The van der Waals surface area contributed by atoms with Gasteiger partial charge in [-0.15, -0.1) is 10.2 Å². The number of carbonyl (C=O) groups is 1. The van der Waals surface area contributed by atoms with Crippen molar-refractivity contribution in [2.24, 2.45) is 0 Å². The van der Waals surface area contributed by atoms with Crippen molar-refractivity contribution in [3.63, 3.8) is 0 Å². The fourth-order valence-corrected chi connectivity index (χ4v) is 2.55. The van der Waals surface area contributed by atoms with E-state index in [-0.39, 0.29) is 17.2 Å². The third-order valence-electron chi connectivity index (χ3n) is 3.66. The van der Waals surface area contributed by atoms with Crippen LogP contribution >= 0.6 is 0 Å². The first-order valence-electron chi connectivity index (χ1n) is 7.60. The van der Waals surface area contributed by atoms with Gasteiger partial charge >= 0.3 is 0 Å². The first kappa shape index (κ1) is 15.1. The number of aryl methyl sites for hydroxylation is 1. The lowest BCUT2D eigenvalue weighted by Gasteiger charge is -2.27. The van der Waals surface area contributed by atoms with Crippen LogP contribution in [0.15, 0.2) is 23.0 Å². The van der Waals surface area contributed by atoms with Crippen LogP contribution in [0.5, 0.6) is 0 Å². The second kappa shape index (κ2) is 6.55. The summed E-state index contributed by atoms with van der Waals surface area (Å²) < 4.78 is 0. The van der Waals surface area contributed by atoms with E-state index < -0.39 is 5.91 Å². The number of nitrogens with zero attached hydrogens (tertiary/aromatic N) is 4. The number of hydrogen-bond donors (Lipinski definition) is 2. The van der Waals surface area contributed by atoms with Crippen molar-refractivity contribution in [2.75, 3.05) is 23.3 Å². The van der Waals surface area contributed by atoms with E-state index in [0.29, 0.717) is 5.69 Å². The van der Waals surface area contributed by atoms with Gasteiger partial charge in [0.2, 0.25) is 5.95 Å². The van der Waals surface area contributed by atoms with Crippen molar-refractivity contribution < 1.29 is 4.79 Å². The number of aromatic nitrogens is 4. The SMILES string of the molecule is Cc1cc(=O)[nH]c(NC(=O)c2ccc(N3CCCCC3)nn2)n1. The van der Waals surface area contributed by atoms with Crippen LogP contribution < -0.4 is 15.8 Å². The van der Waals surface area contributed by atoms with Crippen molar-refractivity contribution >= 4 is 17.7 Å². The van der Waals surface area contributed by atoms with Gasteiger partial charge in [-0.1, -0.05) is 0 Å². The van der Waals surface area contributed by atoms with Gasteiger partial charge in [0.05, 0.1) is 0 Å². The number of carbonyl (C=O) groups excluding carboxylic acids is 1. The molecule has 8 heteroatoms. The molecule has 1 aliphatic rings. The molecule has 0 aliphatic carbocycles. The van der Waals surface area contributed by atoms with E-state index in [1.54, 1.807) is 19.1 Å². The van der Waals surface area contributed by atoms with E-state index in [1.165, 1.54) is 12.5 Å². The smallest absolute Gasteiger partial charge is 0.278 e. The van der Waals surface area contributed by atoms with E-state index in [2.05, 4.69) is 30.4 Å². The molecule has 1 aliphatic heterocycles. The molecule has 2 aromatic heterocycles. The monoisotopic (exact) mass is 314 g/mol. The molecule has 0 spiro atoms. The average Bonchev–Trinajstić information content (AvgIpc) is 2.55. The highest BCUT2D eigenvalue weighted by atomic mass is 16.2. The summed E-state index contributed by atoms with van der Waals surface area (Å²) in [4.78, 5) is 32.2. The Balaban J connectivity index is 1.71. The number of nitrogens with one attached hydrogen (secondary N) is 2. The van der Waals surface area contributed by atoms with Crippen LogP contribution in [0.1, 0.15) is 35.4 Å². The number of aromatic amines is 1. The van der Waals surface area contributed by atoms with Crippen LogP contribution in [0.4, 0.5) is 11.8 Å². The molecule has 8 nitrogen and oxygen atoms in total. The van der Waals surface area contributed by atoms with Gasteiger partial charge in [0.1, 0.15) is 0 Å². The normalized spacial score (nSPS) is 14.6. The van der Waals surface area contributed by atoms with Crippen LogP contribution in [0, 0.1) is 6.92 Å². The Bertz CT molecular complexity index is 749. The Morgan fingerprint density at radius 3 is 2.65 bits per heavy atom. The predicted molar refractivity (Wildman–Crippen MR) is 85.6 cm³/mol. The van der Waals surface area contributed by atoms with E-state index >= 15 is 0 Å². The van der Waals surface area contributed by atoms with Crippen molar-refractivity contribution in [2.45, 2.75) is 26.2 Å². The zero-order valence-electron chi connectivity index (χ0n) is 12.9. The highest BCUT2D eigenvalue weighted by Gasteiger charge is 2.15. The molecular formula is C15H18N6O2. The van der Waals surface area contributed by atoms with Crippen LogP contribution in [-0.2, 0) is 0 Å². The molecule has 3 heterocycles. The molecule has 0 aromatic carbocycles. The number of anilines is 2. The van der Waals surface area contributed by atoms with Crippen molar-refractivity contribution in [1.82, 2.24) is 20.2 Å². The van der Waals surface area contributed by atoms with Gasteiger partial charge in [0.15, 0.2) is 11.5 Å². The molecular weight excluding hydrogens is 296 g/mol. The quantitative estimate of drug-likeness (QED) is 0.879. The highest BCUT2D eigenvalue weighted by Crippen LogP contribution is 2.16. The molecule has 0 radical (unpaired) electrons. The summed E-state index contributed by atoms with van der Waals surface area (Å²) in [6, 6.07) is 4.77. The number of amides is 1. The van der Waals surface area contributed by atoms with Crippen molar-refractivity contribution in [3.8, 4) is 0 Å². The lowest BCUT2D eigenvalue weighted by Crippen LogP contribution is -2.30. The second-order valence-electron chi connectivity index (χ2n) is 5.51. The molecule has 1 amide bonds. The Morgan fingerprint density at radius 1 is 1.22 bits per heavy atom. The Kier molecular flexibility index (Phi) is 4.31. The van der Waals surface area contributed by atoms with Crippen LogP contribution in [0.3, 0.4) is 0 Å². The zero-order valence-corrected chi connectivity index (χ0v) is 12.9. The second-order valence-corrected chi connectivity index (χ2v) is 5.51. The lowest BCUT2D eigenvalue weighted by molar-refractivity contribution is 0.102. The lowest BCUT2D eigenvalue weighted by atomic mass is 10.1. The van der Waals surface area contributed by atoms with E-state index in [1.807, 2.05) is 0 Å². The molecule has 1 fully saturated rings. The third-order valence-corrected chi connectivity index (χ3v) is 3.66. The van der Waals surface area contributed by atoms with Crippen LogP contribution in [0.2, 0.25) is 0 Å². The number of rotatable bonds is 3. The Morgan fingerprint density at radius 2 is 2.00 bits per heavy atom. The van der Waals surface area contributed by atoms with Gasteiger partial charge < -0.3 is 4.90 Å². The fraction of sp³-hybridized carbons (Fsp3) is 0.400. The first-order valence-corrected chi connectivity index (χ1v) is 7.60. The van der Waals surface area contributed by atoms with Gasteiger partial charge in [0, 0.05) is 24.8 Å². The molecule has 1 saturated heterocycles. The Labute approximate surface area is 133 Å². The summed E-state index contributed by atoms with van der Waals surface area (Å²) in [5.74, 6) is 0.418. The van der Waals surface area contributed by atoms with Crippen LogP contribution in [-0.4, -0.2) is 39.2 Å². The molecule has 0 unspecified atom stereocenters. The van der Waals surface area contributed by atoms with Crippen LogP contribution in [0.25, 0.3) is 0 Å². The van der Waals surface area contributed by atoms with E-state index in [4.69, 9.17) is 0 Å². The average molecular weight is 314 g/mol. The van der Waals surface area contributed by atoms with Crippen molar-refractivity contribution in [1.29, 1.82) is 0 Å². The summed E-state index contributed by atoms with van der Waals surface area (Å²) in [6.07, 6.45) is 3.54. The maximum absolute atomic E-state index is 12.1. The minimum Gasteiger partial charge on any atom is -0.355 e. The summed E-state index contributed by atoms with van der Waals surface area (Å²) in [5.41, 5.74) is 0.379. The maximum Gasteiger partial charge on any atom is 0.278 e. The summed E-state index contributed by atoms with van der Waals surface area (Å²) in [6.45, 7) is 3.61. The van der Waals surface area contributed by atoms with Gasteiger partial charge in [-0.25, -0.2) is 4.98 Å². The van der Waals surface area contributed by atoms with E-state index in [0.717, 1.165) is 31.7 Å². The minimum absolute atomic E-state index is 0.0990. The summed E-state index contributed by atoms with van der Waals surface area (Å²) in [7, 11) is 0. The summed E-state index contributed by atoms with van der Waals surface area (Å²) in [5, 5.41) is 10.6. The molecule has 2 aromatic rings. The van der Waals surface area contributed by atoms with Crippen molar-refractivity contribution in [3.05, 3.63) is 39.9 Å². The van der Waals surface area contributed by atoms with Gasteiger partial charge in [-0.05, 0) is 38.3 Å². The minimum atomic E-state index is -0.462. The molecule has 2 N–H and O–H groups in total. The maximum atomic E-state index is 12.1. The number of H-pyrrole nitrogens is 1. The van der Waals surface area contributed by atoms with E-state index in [9.17, 15) is 9.59 Å². The molecule has 0 bridgehead atoms. The summed E-state index contributed by atoms with van der Waals surface area (Å²) >= 11 is 0.